The molecule has 1 aliphatic heterocycles. The van der Waals surface area contributed by atoms with Crippen molar-refractivity contribution in [3.8, 4) is 11.4 Å². The fourth-order valence-electron chi connectivity index (χ4n) is 3.14. The van der Waals surface area contributed by atoms with E-state index in [1.165, 1.54) is 0 Å². The summed E-state index contributed by atoms with van der Waals surface area (Å²) in [5, 5.41) is 3.66. The van der Waals surface area contributed by atoms with E-state index in [1.807, 2.05) is 30.3 Å². The van der Waals surface area contributed by atoms with Crippen molar-refractivity contribution in [2.75, 3.05) is 31.2 Å². The molecular formula is C19H21N5O2. The molecule has 3 heterocycles. The molecule has 0 amide bonds. The molecule has 2 aromatic heterocycles. The lowest BCUT2D eigenvalue weighted by Crippen LogP contribution is -2.37. The van der Waals surface area contributed by atoms with Crippen molar-refractivity contribution in [1.82, 2.24) is 9.97 Å². The van der Waals surface area contributed by atoms with Gasteiger partial charge in [-0.05, 0) is 0 Å². The van der Waals surface area contributed by atoms with E-state index < -0.39 is 0 Å². The Morgan fingerprint density at radius 1 is 1.23 bits per heavy atom. The third-order valence-corrected chi connectivity index (χ3v) is 4.48. The van der Waals surface area contributed by atoms with Gasteiger partial charge in [-0.15, -0.1) is 0 Å². The van der Waals surface area contributed by atoms with Gasteiger partial charge in [0.15, 0.2) is 17.2 Å². The van der Waals surface area contributed by atoms with E-state index in [1.54, 1.807) is 6.21 Å². The molecular weight excluding hydrogens is 330 g/mol. The number of rotatable bonds is 4. The summed E-state index contributed by atoms with van der Waals surface area (Å²) in [6, 6.07) is 9.81. The van der Waals surface area contributed by atoms with Crippen LogP contribution in [0.15, 0.2) is 39.9 Å². The Morgan fingerprint density at radius 2 is 2.04 bits per heavy atom. The minimum atomic E-state index is 0.637. The van der Waals surface area contributed by atoms with Crippen LogP contribution in [0.2, 0.25) is 0 Å². The van der Waals surface area contributed by atoms with Crippen LogP contribution in [-0.2, 0) is 11.2 Å². The molecule has 1 aliphatic rings. The third kappa shape index (κ3) is 3.01. The number of anilines is 1. The average molecular weight is 351 g/mol. The fraction of sp³-hybridized carbons (Fsp3) is 0.316. The molecule has 7 nitrogen and oxygen atoms in total. The van der Waals surface area contributed by atoms with Crippen molar-refractivity contribution < 1.29 is 9.15 Å². The van der Waals surface area contributed by atoms with Gasteiger partial charge in [0.05, 0.1) is 19.4 Å². The summed E-state index contributed by atoms with van der Waals surface area (Å²) in [4.78, 5) is 11.8. The molecule has 1 saturated heterocycles. The normalized spacial score (nSPS) is 15.2. The van der Waals surface area contributed by atoms with Crippen LogP contribution in [0.3, 0.4) is 0 Å². The van der Waals surface area contributed by atoms with Crippen molar-refractivity contribution in [1.29, 1.82) is 0 Å². The number of hydrogen-bond donors (Lipinski definition) is 1. The number of hydrazone groups is 1. The standard InChI is InChI=1S/C19H21N5O2/c1-2-14-11-16-17(26-14)19(24-7-9-25-10-8-24)23-18(22-16)15-6-4-3-5-13(15)12-21-20/h3-6,11-12H,2,7-10,20H2,1H3/b21-12-. The van der Waals surface area contributed by atoms with Gasteiger partial charge in [0.1, 0.15) is 11.3 Å². The Labute approximate surface area is 151 Å². The number of benzene rings is 1. The van der Waals surface area contributed by atoms with Crippen LogP contribution < -0.4 is 10.7 Å². The first-order chi connectivity index (χ1) is 12.8. The van der Waals surface area contributed by atoms with Crippen LogP contribution >= 0.6 is 0 Å². The number of furan rings is 1. The topological polar surface area (TPSA) is 89.8 Å². The Hall–Kier alpha value is -2.93. The number of nitrogens with two attached hydrogens (primary N) is 1. The lowest BCUT2D eigenvalue weighted by Gasteiger charge is -2.27. The smallest absolute Gasteiger partial charge is 0.195 e. The highest BCUT2D eigenvalue weighted by atomic mass is 16.5. The molecule has 0 aliphatic carbocycles. The molecule has 2 N–H and O–H groups in total. The lowest BCUT2D eigenvalue weighted by molar-refractivity contribution is 0.122. The van der Waals surface area contributed by atoms with Crippen LogP contribution in [0.5, 0.6) is 0 Å². The summed E-state index contributed by atoms with van der Waals surface area (Å²) >= 11 is 0. The van der Waals surface area contributed by atoms with Gasteiger partial charge in [-0.3, -0.25) is 0 Å². The maximum atomic E-state index is 6.02. The molecule has 26 heavy (non-hydrogen) atoms. The second-order valence-corrected chi connectivity index (χ2v) is 6.12. The Balaban J connectivity index is 1.91. The van der Waals surface area contributed by atoms with E-state index in [-0.39, 0.29) is 0 Å². The zero-order valence-electron chi connectivity index (χ0n) is 14.7. The van der Waals surface area contributed by atoms with Gasteiger partial charge in [0.25, 0.3) is 0 Å². The van der Waals surface area contributed by atoms with Gasteiger partial charge in [-0.25, -0.2) is 9.97 Å². The second-order valence-electron chi connectivity index (χ2n) is 6.12. The summed E-state index contributed by atoms with van der Waals surface area (Å²) in [7, 11) is 0. The highest BCUT2D eigenvalue weighted by Crippen LogP contribution is 2.31. The second kappa shape index (κ2) is 7.13. The van der Waals surface area contributed by atoms with E-state index in [0.29, 0.717) is 19.0 Å². The van der Waals surface area contributed by atoms with E-state index in [9.17, 15) is 0 Å². The van der Waals surface area contributed by atoms with Crippen molar-refractivity contribution >= 4 is 23.1 Å². The average Bonchev–Trinajstić information content (AvgIpc) is 3.12. The van der Waals surface area contributed by atoms with Gasteiger partial charge in [0, 0.05) is 36.7 Å². The molecule has 0 spiro atoms. The third-order valence-electron chi connectivity index (χ3n) is 4.48. The number of aryl methyl sites for hydroxylation is 1. The first-order valence-corrected chi connectivity index (χ1v) is 8.76. The summed E-state index contributed by atoms with van der Waals surface area (Å²) in [5.41, 5.74) is 3.31. The number of aromatic nitrogens is 2. The van der Waals surface area contributed by atoms with Crippen molar-refractivity contribution in [2.24, 2.45) is 10.9 Å². The lowest BCUT2D eigenvalue weighted by atomic mass is 10.1. The highest BCUT2D eigenvalue weighted by molar-refractivity contribution is 5.91. The molecule has 4 rings (SSSR count). The summed E-state index contributed by atoms with van der Waals surface area (Å²) < 4.78 is 11.5. The van der Waals surface area contributed by atoms with Crippen molar-refractivity contribution in [2.45, 2.75) is 13.3 Å². The predicted molar refractivity (Wildman–Crippen MR) is 101 cm³/mol. The van der Waals surface area contributed by atoms with E-state index in [0.717, 1.165) is 53.3 Å². The first kappa shape index (κ1) is 16.5. The van der Waals surface area contributed by atoms with Crippen molar-refractivity contribution in [3.05, 3.63) is 41.7 Å². The molecule has 0 unspecified atom stereocenters. The Kier molecular flexibility index (Phi) is 4.53. The largest absolute Gasteiger partial charge is 0.455 e. The number of ether oxygens (including phenoxy) is 1. The zero-order valence-corrected chi connectivity index (χ0v) is 14.7. The number of hydrogen-bond acceptors (Lipinski definition) is 7. The SMILES string of the molecule is CCc1cc2nc(-c3ccccc3/C=N\N)nc(N3CCOCC3)c2o1. The Bertz CT molecular complexity index is 944. The van der Waals surface area contributed by atoms with Crippen LogP contribution in [-0.4, -0.2) is 42.5 Å². The maximum Gasteiger partial charge on any atom is 0.195 e. The molecule has 134 valence electrons. The van der Waals surface area contributed by atoms with Crippen LogP contribution in [0, 0.1) is 0 Å². The number of morpholine rings is 1. The maximum absolute atomic E-state index is 6.02. The molecule has 1 aromatic carbocycles. The highest BCUT2D eigenvalue weighted by Gasteiger charge is 2.21. The summed E-state index contributed by atoms with van der Waals surface area (Å²) in [6.07, 6.45) is 2.43. The molecule has 3 aromatic rings. The molecule has 1 fully saturated rings. The van der Waals surface area contributed by atoms with E-state index in [4.69, 9.17) is 25.0 Å². The molecule has 0 radical (unpaired) electrons. The van der Waals surface area contributed by atoms with Gasteiger partial charge in [-0.1, -0.05) is 31.2 Å². The minimum Gasteiger partial charge on any atom is -0.455 e. The molecule has 7 heteroatoms. The zero-order chi connectivity index (χ0) is 17.9. The first-order valence-electron chi connectivity index (χ1n) is 8.76. The van der Waals surface area contributed by atoms with Crippen LogP contribution in [0.25, 0.3) is 22.5 Å². The number of fused-ring (bicyclic) bond motifs is 1. The van der Waals surface area contributed by atoms with Crippen LogP contribution in [0.4, 0.5) is 5.82 Å². The van der Waals surface area contributed by atoms with Gasteiger partial charge < -0.3 is 19.9 Å². The molecule has 0 atom stereocenters. The van der Waals surface area contributed by atoms with E-state index >= 15 is 0 Å². The predicted octanol–water partition coefficient (Wildman–Crippen LogP) is 2.58. The quantitative estimate of drug-likeness (QED) is 0.441. The van der Waals surface area contributed by atoms with Gasteiger partial charge in [-0.2, -0.15) is 5.10 Å². The van der Waals surface area contributed by atoms with Gasteiger partial charge >= 0.3 is 0 Å². The fourth-order valence-corrected chi connectivity index (χ4v) is 3.14. The van der Waals surface area contributed by atoms with Gasteiger partial charge in [0.2, 0.25) is 0 Å². The monoisotopic (exact) mass is 351 g/mol. The molecule has 0 saturated carbocycles. The van der Waals surface area contributed by atoms with E-state index in [2.05, 4.69) is 16.9 Å². The number of nitrogens with zero attached hydrogens (tertiary/aromatic N) is 4. The Morgan fingerprint density at radius 3 is 2.81 bits per heavy atom. The molecule has 0 bridgehead atoms. The summed E-state index contributed by atoms with van der Waals surface area (Å²) in [5.74, 6) is 7.71. The van der Waals surface area contributed by atoms with Crippen molar-refractivity contribution in [3.63, 3.8) is 0 Å². The minimum absolute atomic E-state index is 0.637. The van der Waals surface area contributed by atoms with Crippen LogP contribution in [0.1, 0.15) is 18.2 Å². The summed E-state index contributed by atoms with van der Waals surface area (Å²) in [6.45, 7) is 4.98.